The molecule has 1 atom stereocenters. The standard InChI is InChI=1S/C19H27N3O/c1-6-16(3)23-18-10-8-7-9-17(18)19(15(2)13-21(4)5)22-12-11-20-14-22/h7-12,14,16H,6,13H2,1-5H3/b19-15+. The summed E-state index contributed by atoms with van der Waals surface area (Å²) in [6.07, 6.45) is 6.80. The molecule has 124 valence electrons. The van der Waals surface area contributed by atoms with Gasteiger partial charge in [-0.2, -0.15) is 0 Å². The van der Waals surface area contributed by atoms with Crippen LogP contribution in [0.4, 0.5) is 0 Å². The van der Waals surface area contributed by atoms with Crippen molar-refractivity contribution in [1.29, 1.82) is 0 Å². The van der Waals surface area contributed by atoms with E-state index in [2.05, 4.69) is 61.5 Å². The first-order chi connectivity index (χ1) is 11.0. The lowest BCUT2D eigenvalue weighted by Gasteiger charge is -2.21. The molecule has 0 aliphatic carbocycles. The Hall–Kier alpha value is -2.07. The fourth-order valence-electron chi connectivity index (χ4n) is 2.60. The van der Waals surface area contributed by atoms with Gasteiger partial charge in [0, 0.05) is 24.5 Å². The predicted molar refractivity (Wildman–Crippen MR) is 95.6 cm³/mol. The van der Waals surface area contributed by atoms with Gasteiger partial charge in [-0.25, -0.2) is 4.98 Å². The highest BCUT2D eigenvalue weighted by Gasteiger charge is 2.15. The Morgan fingerprint density at radius 2 is 2.04 bits per heavy atom. The van der Waals surface area contributed by atoms with E-state index in [0.717, 1.165) is 30.0 Å². The van der Waals surface area contributed by atoms with Crippen LogP contribution in [0.25, 0.3) is 5.70 Å². The largest absolute Gasteiger partial charge is 0.490 e. The van der Waals surface area contributed by atoms with E-state index < -0.39 is 0 Å². The number of hydrogen-bond donors (Lipinski definition) is 0. The molecule has 0 aliphatic heterocycles. The van der Waals surface area contributed by atoms with Crippen molar-refractivity contribution in [3.8, 4) is 5.75 Å². The van der Waals surface area contributed by atoms with Gasteiger partial charge >= 0.3 is 0 Å². The van der Waals surface area contributed by atoms with E-state index in [4.69, 9.17) is 4.74 Å². The van der Waals surface area contributed by atoms with Crippen LogP contribution in [0, 0.1) is 0 Å². The number of para-hydroxylation sites is 1. The Morgan fingerprint density at radius 1 is 1.30 bits per heavy atom. The Balaban J connectivity index is 2.53. The van der Waals surface area contributed by atoms with E-state index in [1.807, 2.05) is 24.7 Å². The molecule has 0 bridgehead atoms. The van der Waals surface area contributed by atoms with Gasteiger partial charge < -0.3 is 14.2 Å². The Morgan fingerprint density at radius 3 is 2.65 bits per heavy atom. The maximum Gasteiger partial charge on any atom is 0.129 e. The maximum atomic E-state index is 6.15. The van der Waals surface area contributed by atoms with Crippen molar-refractivity contribution in [1.82, 2.24) is 14.5 Å². The number of ether oxygens (including phenoxy) is 1. The molecule has 2 rings (SSSR count). The summed E-state index contributed by atoms with van der Waals surface area (Å²) in [5.41, 5.74) is 3.51. The number of likely N-dealkylation sites (N-methyl/N-ethyl adjacent to an activating group) is 1. The molecule has 0 aliphatic rings. The van der Waals surface area contributed by atoms with Gasteiger partial charge in [0.05, 0.1) is 18.1 Å². The lowest BCUT2D eigenvalue weighted by atomic mass is 10.1. The second kappa shape index (κ2) is 7.97. The van der Waals surface area contributed by atoms with Crippen molar-refractivity contribution in [2.75, 3.05) is 20.6 Å². The van der Waals surface area contributed by atoms with E-state index in [9.17, 15) is 0 Å². The van der Waals surface area contributed by atoms with E-state index >= 15 is 0 Å². The van der Waals surface area contributed by atoms with Gasteiger partial charge in [0.1, 0.15) is 5.75 Å². The Kier molecular flexibility index (Phi) is 5.99. The maximum absolute atomic E-state index is 6.15. The lowest BCUT2D eigenvalue weighted by Crippen LogP contribution is -2.17. The topological polar surface area (TPSA) is 30.3 Å². The summed E-state index contributed by atoms with van der Waals surface area (Å²) in [5, 5.41) is 0. The second-order valence-electron chi connectivity index (χ2n) is 6.17. The van der Waals surface area contributed by atoms with Crippen LogP contribution in [0.2, 0.25) is 0 Å². The first-order valence-corrected chi connectivity index (χ1v) is 8.11. The summed E-state index contributed by atoms with van der Waals surface area (Å²) in [4.78, 5) is 6.38. The molecule has 0 spiro atoms. The molecule has 23 heavy (non-hydrogen) atoms. The predicted octanol–water partition coefficient (Wildman–Crippen LogP) is 3.90. The number of hydrogen-bond acceptors (Lipinski definition) is 3. The van der Waals surface area contributed by atoms with Gasteiger partial charge in [-0.15, -0.1) is 0 Å². The summed E-state index contributed by atoms with van der Waals surface area (Å²) in [7, 11) is 4.16. The zero-order chi connectivity index (χ0) is 16.8. The number of aromatic nitrogens is 2. The van der Waals surface area contributed by atoms with E-state index in [-0.39, 0.29) is 6.10 Å². The van der Waals surface area contributed by atoms with Crippen molar-refractivity contribution in [3.05, 3.63) is 54.1 Å². The van der Waals surface area contributed by atoms with Gasteiger partial charge in [-0.1, -0.05) is 19.1 Å². The van der Waals surface area contributed by atoms with Crippen LogP contribution in [0.15, 0.2) is 48.6 Å². The third-order valence-corrected chi connectivity index (χ3v) is 3.77. The molecule has 0 fully saturated rings. The van der Waals surface area contributed by atoms with Gasteiger partial charge in [0.2, 0.25) is 0 Å². The Labute approximate surface area is 139 Å². The minimum absolute atomic E-state index is 0.189. The molecular weight excluding hydrogens is 286 g/mol. The zero-order valence-corrected chi connectivity index (χ0v) is 14.8. The molecule has 1 unspecified atom stereocenters. The van der Waals surface area contributed by atoms with Crippen molar-refractivity contribution in [3.63, 3.8) is 0 Å². The number of benzene rings is 1. The van der Waals surface area contributed by atoms with Crippen LogP contribution < -0.4 is 4.74 Å². The molecule has 1 aromatic carbocycles. The third-order valence-electron chi connectivity index (χ3n) is 3.77. The first-order valence-electron chi connectivity index (χ1n) is 8.11. The first kappa shape index (κ1) is 17.3. The smallest absolute Gasteiger partial charge is 0.129 e. The summed E-state index contributed by atoms with van der Waals surface area (Å²) in [6, 6.07) is 8.24. The highest BCUT2D eigenvalue weighted by Crippen LogP contribution is 2.30. The van der Waals surface area contributed by atoms with Crippen LogP contribution in [0.3, 0.4) is 0 Å². The number of rotatable bonds is 7. The average molecular weight is 313 g/mol. The quantitative estimate of drug-likeness (QED) is 0.776. The summed E-state index contributed by atoms with van der Waals surface area (Å²) >= 11 is 0. The highest BCUT2D eigenvalue weighted by atomic mass is 16.5. The van der Waals surface area contributed by atoms with Crippen LogP contribution in [-0.4, -0.2) is 41.2 Å². The van der Waals surface area contributed by atoms with Crippen molar-refractivity contribution >= 4 is 5.70 Å². The fraction of sp³-hybridized carbons (Fsp3) is 0.421. The molecule has 0 saturated heterocycles. The Bertz CT molecular complexity index is 644. The van der Waals surface area contributed by atoms with Crippen LogP contribution >= 0.6 is 0 Å². The van der Waals surface area contributed by atoms with Crippen molar-refractivity contribution in [2.45, 2.75) is 33.3 Å². The van der Waals surface area contributed by atoms with Crippen LogP contribution in [0.1, 0.15) is 32.8 Å². The summed E-state index contributed by atoms with van der Waals surface area (Å²) < 4.78 is 8.21. The molecule has 0 radical (unpaired) electrons. The van der Waals surface area contributed by atoms with Gasteiger partial charge in [-0.3, -0.25) is 0 Å². The molecular formula is C19H27N3O. The minimum atomic E-state index is 0.189. The van der Waals surface area contributed by atoms with Crippen LogP contribution in [0.5, 0.6) is 5.75 Å². The molecule has 0 saturated carbocycles. The molecule has 1 heterocycles. The minimum Gasteiger partial charge on any atom is -0.490 e. The van der Waals surface area contributed by atoms with Crippen LogP contribution in [-0.2, 0) is 0 Å². The molecule has 4 heteroatoms. The average Bonchev–Trinajstić information content (AvgIpc) is 3.02. The van der Waals surface area contributed by atoms with Gasteiger partial charge in [-0.05, 0) is 52.1 Å². The van der Waals surface area contributed by atoms with Gasteiger partial charge in [0.15, 0.2) is 0 Å². The molecule has 0 N–H and O–H groups in total. The summed E-state index contributed by atoms with van der Waals surface area (Å²) in [5.74, 6) is 0.920. The van der Waals surface area contributed by atoms with E-state index in [0.29, 0.717) is 0 Å². The SMILES string of the molecule is CCC(C)Oc1ccccc1/C(=C(/C)CN(C)C)n1ccnc1. The monoisotopic (exact) mass is 313 g/mol. The van der Waals surface area contributed by atoms with E-state index in [1.165, 1.54) is 5.57 Å². The molecule has 1 aromatic heterocycles. The van der Waals surface area contributed by atoms with Gasteiger partial charge in [0.25, 0.3) is 0 Å². The van der Waals surface area contributed by atoms with E-state index in [1.54, 1.807) is 6.20 Å². The zero-order valence-electron chi connectivity index (χ0n) is 14.8. The molecule has 0 amide bonds. The normalized spacial score (nSPS) is 13.8. The number of imidazole rings is 1. The van der Waals surface area contributed by atoms with Crippen molar-refractivity contribution < 1.29 is 4.74 Å². The third kappa shape index (κ3) is 4.45. The number of nitrogens with zero attached hydrogens (tertiary/aromatic N) is 3. The highest BCUT2D eigenvalue weighted by molar-refractivity contribution is 5.73. The second-order valence-corrected chi connectivity index (χ2v) is 6.17. The summed E-state index contributed by atoms with van der Waals surface area (Å²) in [6.45, 7) is 7.28. The molecule has 2 aromatic rings. The molecule has 4 nitrogen and oxygen atoms in total. The van der Waals surface area contributed by atoms with Crippen molar-refractivity contribution in [2.24, 2.45) is 0 Å². The fourth-order valence-corrected chi connectivity index (χ4v) is 2.60. The lowest BCUT2D eigenvalue weighted by molar-refractivity contribution is 0.216.